The highest BCUT2D eigenvalue weighted by Gasteiger charge is 2.16. The first-order chi connectivity index (χ1) is 16.9. The number of nitriles is 1. The molecule has 0 N–H and O–H groups in total. The maximum atomic E-state index is 15.4. The molecule has 0 radical (unpaired) electrons. The van der Waals surface area contributed by atoms with E-state index in [0.717, 1.165) is 36.4 Å². The molecule has 0 spiro atoms. The number of unbranched alkanes of at least 4 members (excludes halogenated alkanes) is 4. The minimum atomic E-state index is -1.06. The molecule has 0 aliphatic carbocycles. The third-order valence-corrected chi connectivity index (χ3v) is 6.33. The van der Waals surface area contributed by atoms with Crippen LogP contribution in [-0.4, -0.2) is 0 Å². The van der Waals surface area contributed by atoms with Crippen LogP contribution in [-0.2, 0) is 6.42 Å². The van der Waals surface area contributed by atoms with Crippen LogP contribution in [0.15, 0.2) is 60.7 Å². The number of benzene rings is 4. The number of hydrogen-bond donors (Lipinski definition) is 0. The Balaban J connectivity index is 1.61. The summed E-state index contributed by atoms with van der Waals surface area (Å²) in [5.74, 6) is -3.32. The summed E-state index contributed by atoms with van der Waals surface area (Å²) < 4.78 is 58.3. The van der Waals surface area contributed by atoms with Gasteiger partial charge in [0, 0.05) is 16.5 Å². The van der Waals surface area contributed by atoms with Crippen LogP contribution in [0.5, 0.6) is 0 Å². The Labute approximate surface area is 202 Å². The molecular formula is C30H25F4N. The lowest BCUT2D eigenvalue weighted by Gasteiger charge is -2.11. The Kier molecular flexibility index (Phi) is 7.51. The van der Waals surface area contributed by atoms with Gasteiger partial charge >= 0.3 is 0 Å². The Morgan fingerprint density at radius 1 is 0.686 bits per heavy atom. The van der Waals surface area contributed by atoms with Crippen molar-refractivity contribution in [2.75, 3.05) is 0 Å². The highest BCUT2D eigenvalue weighted by molar-refractivity contribution is 5.89. The molecule has 4 rings (SSSR count). The van der Waals surface area contributed by atoms with E-state index in [1.165, 1.54) is 49.4 Å². The molecule has 4 aromatic rings. The SMILES string of the molecule is CCCCCCCc1ccc2c(F)c(-c3ccc(-c4cc(F)c(C#N)c(F)c4)c(F)c3)ccc2c1. The zero-order valence-electron chi connectivity index (χ0n) is 19.5. The Hall–Kier alpha value is -3.65. The molecule has 178 valence electrons. The number of hydrogen-bond acceptors (Lipinski definition) is 1. The summed E-state index contributed by atoms with van der Waals surface area (Å²) in [6.07, 6.45) is 6.91. The molecule has 0 aromatic heterocycles. The van der Waals surface area contributed by atoms with E-state index in [9.17, 15) is 13.2 Å². The highest BCUT2D eigenvalue weighted by Crippen LogP contribution is 2.33. The third-order valence-electron chi connectivity index (χ3n) is 6.33. The summed E-state index contributed by atoms with van der Waals surface area (Å²) in [5.41, 5.74) is 0.930. The molecule has 0 aliphatic heterocycles. The van der Waals surface area contributed by atoms with E-state index < -0.39 is 28.8 Å². The van der Waals surface area contributed by atoms with Crippen LogP contribution in [0.3, 0.4) is 0 Å². The van der Waals surface area contributed by atoms with Gasteiger partial charge in [0.25, 0.3) is 0 Å². The summed E-state index contributed by atoms with van der Waals surface area (Å²) in [6, 6.07) is 16.4. The number of halogens is 4. The largest absolute Gasteiger partial charge is 0.206 e. The molecule has 35 heavy (non-hydrogen) atoms. The minimum Gasteiger partial charge on any atom is -0.206 e. The fourth-order valence-electron chi connectivity index (χ4n) is 4.40. The van der Waals surface area contributed by atoms with Gasteiger partial charge in [0.1, 0.15) is 34.9 Å². The average Bonchev–Trinajstić information content (AvgIpc) is 2.84. The lowest BCUT2D eigenvalue weighted by atomic mass is 9.95. The molecule has 0 amide bonds. The number of aryl methyl sites for hydroxylation is 1. The van der Waals surface area contributed by atoms with Gasteiger partial charge in [-0.05, 0) is 53.1 Å². The molecule has 0 heterocycles. The standard InChI is InChI=1S/C30H25F4N/c1-2-3-4-5-6-7-19-8-11-24-20(14-19)10-13-25(30(24)34)21-9-12-23(27(31)15-21)22-16-28(32)26(18-35)29(33)17-22/h8-17H,2-7H2,1H3. The smallest absolute Gasteiger partial charge is 0.144 e. The number of rotatable bonds is 8. The second-order valence-corrected chi connectivity index (χ2v) is 8.77. The van der Waals surface area contributed by atoms with Crippen molar-refractivity contribution in [1.29, 1.82) is 5.26 Å². The minimum absolute atomic E-state index is 0.0377. The molecule has 0 unspecified atom stereocenters. The first-order valence-corrected chi connectivity index (χ1v) is 11.8. The van der Waals surface area contributed by atoms with Gasteiger partial charge in [-0.25, -0.2) is 17.6 Å². The summed E-state index contributed by atoms with van der Waals surface area (Å²) in [5, 5.41) is 10.1. The molecule has 0 bridgehead atoms. The van der Waals surface area contributed by atoms with E-state index in [4.69, 9.17) is 5.26 Å². The fraction of sp³-hybridized carbons (Fsp3) is 0.233. The van der Waals surface area contributed by atoms with Crippen molar-refractivity contribution in [1.82, 2.24) is 0 Å². The van der Waals surface area contributed by atoms with E-state index in [2.05, 4.69) is 6.92 Å². The summed E-state index contributed by atoms with van der Waals surface area (Å²) in [4.78, 5) is 0. The van der Waals surface area contributed by atoms with Gasteiger partial charge < -0.3 is 0 Å². The van der Waals surface area contributed by atoms with Crippen LogP contribution in [0, 0.1) is 34.6 Å². The Bertz CT molecular complexity index is 1400. The van der Waals surface area contributed by atoms with E-state index in [1.807, 2.05) is 18.2 Å². The second kappa shape index (κ2) is 10.7. The van der Waals surface area contributed by atoms with Crippen molar-refractivity contribution in [2.24, 2.45) is 0 Å². The quantitative estimate of drug-likeness (QED) is 0.184. The zero-order chi connectivity index (χ0) is 24.9. The van der Waals surface area contributed by atoms with Crippen LogP contribution >= 0.6 is 0 Å². The lowest BCUT2D eigenvalue weighted by molar-refractivity contribution is 0.577. The van der Waals surface area contributed by atoms with Crippen molar-refractivity contribution in [3.63, 3.8) is 0 Å². The topological polar surface area (TPSA) is 23.8 Å². The van der Waals surface area contributed by atoms with Crippen molar-refractivity contribution in [3.8, 4) is 28.3 Å². The van der Waals surface area contributed by atoms with Crippen molar-refractivity contribution >= 4 is 10.8 Å². The van der Waals surface area contributed by atoms with Gasteiger partial charge in [-0.2, -0.15) is 5.26 Å². The van der Waals surface area contributed by atoms with Gasteiger partial charge in [-0.15, -0.1) is 0 Å². The van der Waals surface area contributed by atoms with Gasteiger partial charge in [-0.3, -0.25) is 0 Å². The average molecular weight is 476 g/mol. The van der Waals surface area contributed by atoms with E-state index in [-0.39, 0.29) is 16.7 Å². The molecular weight excluding hydrogens is 450 g/mol. The van der Waals surface area contributed by atoms with E-state index in [1.54, 1.807) is 12.1 Å². The Morgan fingerprint density at radius 3 is 2.06 bits per heavy atom. The number of fused-ring (bicyclic) bond motifs is 1. The van der Waals surface area contributed by atoms with Gasteiger partial charge in [0.2, 0.25) is 0 Å². The van der Waals surface area contributed by atoms with Gasteiger partial charge in [0.15, 0.2) is 0 Å². The second-order valence-electron chi connectivity index (χ2n) is 8.77. The molecule has 0 aliphatic rings. The van der Waals surface area contributed by atoms with Crippen LogP contribution in [0.2, 0.25) is 0 Å². The predicted octanol–water partition coefficient (Wildman–Crippen LogP) is 9.11. The Morgan fingerprint density at radius 2 is 1.37 bits per heavy atom. The van der Waals surface area contributed by atoms with Crippen molar-refractivity contribution < 1.29 is 17.6 Å². The van der Waals surface area contributed by atoms with Crippen LogP contribution < -0.4 is 0 Å². The number of nitrogens with zero attached hydrogens (tertiary/aromatic N) is 1. The van der Waals surface area contributed by atoms with Gasteiger partial charge in [-0.1, -0.05) is 75.1 Å². The molecule has 0 saturated carbocycles. The van der Waals surface area contributed by atoms with E-state index >= 15 is 4.39 Å². The normalized spacial score (nSPS) is 11.1. The monoisotopic (exact) mass is 475 g/mol. The molecule has 0 fully saturated rings. The molecule has 4 aromatic carbocycles. The first kappa shape index (κ1) is 24.5. The summed E-state index contributed by atoms with van der Waals surface area (Å²) in [7, 11) is 0. The maximum absolute atomic E-state index is 15.4. The van der Waals surface area contributed by atoms with Crippen LogP contribution in [0.25, 0.3) is 33.0 Å². The van der Waals surface area contributed by atoms with Crippen molar-refractivity contribution in [2.45, 2.75) is 45.4 Å². The maximum Gasteiger partial charge on any atom is 0.144 e. The van der Waals surface area contributed by atoms with E-state index in [0.29, 0.717) is 10.9 Å². The van der Waals surface area contributed by atoms with Crippen LogP contribution in [0.4, 0.5) is 17.6 Å². The fourth-order valence-corrected chi connectivity index (χ4v) is 4.40. The molecule has 0 atom stereocenters. The zero-order valence-corrected chi connectivity index (χ0v) is 19.5. The van der Waals surface area contributed by atoms with Gasteiger partial charge in [0.05, 0.1) is 0 Å². The lowest BCUT2D eigenvalue weighted by Crippen LogP contribution is -1.95. The first-order valence-electron chi connectivity index (χ1n) is 11.8. The molecule has 0 saturated heterocycles. The summed E-state index contributed by atoms with van der Waals surface area (Å²) >= 11 is 0. The predicted molar refractivity (Wildman–Crippen MR) is 132 cm³/mol. The molecule has 5 heteroatoms. The summed E-state index contributed by atoms with van der Waals surface area (Å²) in [6.45, 7) is 2.19. The van der Waals surface area contributed by atoms with Crippen molar-refractivity contribution in [3.05, 3.63) is 95.1 Å². The van der Waals surface area contributed by atoms with Crippen LogP contribution in [0.1, 0.15) is 50.2 Å². The third kappa shape index (κ3) is 5.22. The highest BCUT2D eigenvalue weighted by atomic mass is 19.1. The molecule has 1 nitrogen and oxygen atoms in total.